The molecule has 0 aliphatic carbocycles. The van der Waals surface area contributed by atoms with Gasteiger partial charge in [0.25, 0.3) is 10.1 Å². The maximum atomic E-state index is 10.4. The fraction of sp³-hybridized carbons (Fsp3) is 0. The van der Waals surface area contributed by atoms with E-state index in [4.69, 9.17) is 9.66 Å². The van der Waals surface area contributed by atoms with E-state index in [0.717, 1.165) is 6.07 Å². The first kappa shape index (κ1) is 14.9. The molecule has 0 saturated carbocycles. The third kappa shape index (κ3) is 4.95. The molecule has 2 N–H and O–H groups in total. The minimum absolute atomic E-state index is 0.449. The van der Waals surface area contributed by atoms with Gasteiger partial charge in [-0.15, -0.1) is 0 Å². The van der Waals surface area contributed by atoms with Crippen LogP contribution in [-0.4, -0.2) is 18.1 Å². The highest BCUT2D eigenvalue weighted by molar-refractivity contribution is 7.86. The van der Waals surface area contributed by atoms with Crippen molar-refractivity contribution in [2.75, 3.05) is 0 Å². The molecule has 0 heterocycles. The van der Waals surface area contributed by atoms with Gasteiger partial charge < -0.3 is 5.11 Å². The summed E-state index contributed by atoms with van der Waals surface area (Å²) >= 11 is 0. The van der Waals surface area contributed by atoms with Gasteiger partial charge in [0.2, 0.25) is 0 Å². The highest BCUT2D eigenvalue weighted by Gasteiger charge is 2.12. The third-order valence-corrected chi connectivity index (χ3v) is 3.08. The van der Waals surface area contributed by atoms with E-state index in [1.165, 1.54) is 23.8 Å². The number of hydrogen-bond acceptors (Lipinski definition) is 3. The van der Waals surface area contributed by atoms with Crippen molar-refractivity contribution in [1.29, 1.82) is 0 Å². The standard InChI is InChI=1S/C8H8.C6H6O4S/c1-2-8-6-4-3-5-7-8;7-5-3-1-2-4-6(5)11(8,9)10/h2-7H,1H2;1-4,7H,(H,8,9,10). The van der Waals surface area contributed by atoms with Gasteiger partial charge in [-0.25, -0.2) is 0 Å². The number of phenolic OH excluding ortho intramolecular Hbond substituents is 1. The normalized spacial score (nSPS) is 10.2. The van der Waals surface area contributed by atoms with Gasteiger partial charge in [-0.2, -0.15) is 8.42 Å². The molecule has 0 unspecified atom stereocenters. The summed E-state index contributed by atoms with van der Waals surface area (Å²) < 4.78 is 29.4. The molecule has 0 fully saturated rings. The van der Waals surface area contributed by atoms with Crippen LogP contribution in [0.3, 0.4) is 0 Å². The van der Waals surface area contributed by atoms with E-state index < -0.39 is 20.8 Å². The van der Waals surface area contributed by atoms with Crippen molar-refractivity contribution in [2.24, 2.45) is 0 Å². The van der Waals surface area contributed by atoms with Crippen LogP contribution in [0.2, 0.25) is 0 Å². The Labute approximate surface area is 112 Å². The van der Waals surface area contributed by atoms with E-state index in [1.807, 2.05) is 36.4 Å². The average molecular weight is 278 g/mol. The molecule has 2 aromatic rings. The predicted octanol–water partition coefficient (Wildman–Crippen LogP) is 2.97. The lowest BCUT2D eigenvalue weighted by Crippen LogP contribution is -1.97. The highest BCUT2D eigenvalue weighted by Crippen LogP contribution is 2.20. The quantitative estimate of drug-likeness (QED) is 0.828. The maximum absolute atomic E-state index is 10.4. The third-order valence-electron chi connectivity index (χ3n) is 2.18. The fourth-order valence-corrected chi connectivity index (χ4v) is 1.85. The molecule has 100 valence electrons. The molecule has 0 spiro atoms. The van der Waals surface area contributed by atoms with Crippen LogP contribution in [0.25, 0.3) is 6.08 Å². The van der Waals surface area contributed by atoms with Gasteiger partial charge in [0.05, 0.1) is 0 Å². The SMILES string of the molecule is C=Cc1ccccc1.O=S(=O)(O)c1ccccc1O. The summed E-state index contributed by atoms with van der Waals surface area (Å²) in [4.78, 5) is -0.472. The molecule has 5 heteroatoms. The smallest absolute Gasteiger partial charge is 0.298 e. The first-order chi connectivity index (χ1) is 8.95. The van der Waals surface area contributed by atoms with Crippen molar-refractivity contribution in [3.05, 3.63) is 66.7 Å². The molecule has 0 saturated heterocycles. The Morgan fingerprint density at radius 2 is 1.47 bits per heavy atom. The van der Waals surface area contributed by atoms with E-state index >= 15 is 0 Å². The minimum atomic E-state index is -4.28. The van der Waals surface area contributed by atoms with Gasteiger partial charge in [0.15, 0.2) is 0 Å². The molecule has 2 aromatic carbocycles. The van der Waals surface area contributed by atoms with Crippen molar-refractivity contribution in [3.8, 4) is 5.75 Å². The summed E-state index contributed by atoms with van der Waals surface area (Å²) in [5.74, 6) is -0.449. The summed E-state index contributed by atoms with van der Waals surface area (Å²) in [5, 5.41) is 8.91. The number of aromatic hydroxyl groups is 1. The molecule has 0 amide bonds. The zero-order valence-electron chi connectivity index (χ0n) is 10.1. The minimum Gasteiger partial charge on any atom is -0.506 e. The number of benzene rings is 2. The van der Waals surface area contributed by atoms with Crippen molar-refractivity contribution < 1.29 is 18.1 Å². The lowest BCUT2D eigenvalue weighted by molar-refractivity contribution is 0.443. The lowest BCUT2D eigenvalue weighted by Gasteiger charge is -1.97. The lowest BCUT2D eigenvalue weighted by atomic mass is 10.2. The van der Waals surface area contributed by atoms with Crippen LogP contribution in [0.1, 0.15) is 5.56 Å². The molecule has 0 aromatic heterocycles. The van der Waals surface area contributed by atoms with Crippen molar-refractivity contribution >= 4 is 16.2 Å². The average Bonchev–Trinajstić information content (AvgIpc) is 2.39. The molecule has 4 nitrogen and oxygen atoms in total. The molecule has 2 rings (SSSR count). The summed E-state index contributed by atoms with van der Waals surface area (Å²) in [7, 11) is -4.28. The predicted molar refractivity (Wildman–Crippen MR) is 74.5 cm³/mol. The molecular weight excluding hydrogens is 264 g/mol. The molecule has 0 radical (unpaired) electrons. The van der Waals surface area contributed by atoms with Crippen LogP contribution in [-0.2, 0) is 10.1 Å². The van der Waals surface area contributed by atoms with Crippen molar-refractivity contribution in [1.82, 2.24) is 0 Å². The zero-order chi connectivity index (χ0) is 14.3. The van der Waals surface area contributed by atoms with Gasteiger partial charge in [-0.05, 0) is 17.7 Å². The Kier molecular flexibility index (Phi) is 5.29. The van der Waals surface area contributed by atoms with E-state index in [0.29, 0.717) is 0 Å². The van der Waals surface area contributed by atoms with E-state index in [2.05, 4.69) is 6.58 Å². The molecule has 0 aliphatic heterocycles. The van der Waals surface area contributed by atoms with Crippen molar-refractivity contribution in [3.63, 3.8) is 0 Å². The molecule has 0 bridgehead atoms. The largest absolute Gasteiger partial charge is 0.506 e. The highest BCUT2D eigenvalue weighted by atomic mass is 32.2. The molecule has 19 heavy (non-hydrogen) atoms. The Bertz CT molecular complexity index is 634. The summed E-state index contributed by atoms with van der Waals surface area (Å²) in [6.07, 6.45) is 1.83. The Morgan fingerprint density at radius 3 is 1.84 bits per heavy atom. The number of phenols is 1. The van der Waals surface area contributed by atoms with Gasteiger partial charge in [0.1, 0.15) is 10.6 Å². The summed E-state index contributed by atoms with van der Waals surface area (Å²) in [6, 6.07) is 15.2. The zero-order valence-corrected chi connectivity index (χ0v) is 10.9. The van der Waals surface area contributed by atoms with Gasteiger partial charge in [-0.1, -0.05) is 55.1 Å². The number of rotatable bonds is 2. The first-order valence-electron chi connectivity index (χ1n) is 5.38. The van der Waals surface area contributed by atoms with Crippen LogP contribution in [0, 0.1) is 0 Å². The van der Waals surface area contributed by atoms with E-state index in [9.17, 15) is 8.42 Å². The molecule has 0 aliphatic rings. The van der Waals surface area contributed by atoms with E-state index in [1.54, 1.807) is 0 Å². The van der Waals surface area contributed by atoms with Crippen LogP contribution in [0.5, 0.6) is 5.75 Å². The second kappa shape index (κ2) is 6.72. The van der Waals surface area contributed by atoms with Crippen LogP contribution >= 0.6 is 0 Å². The van der Waals surface area contributed by atoms with Crippen LogP contribution in [0.4, 0.5) is 0 Å². The van der Waals surface area contributed by atoms with E-state index in [-0.39, 0.29) is 0 Å². The second-order valence-corrected chi connectivity index (χ2v) is 4.95. The molecule has 0 atom stereocenters. The molecular formula is C14H14O4S. The van der Waals surface area contributed by atoms with Crippen LogP contribution in [0.15, 0.2) is 66.1 Å². The second-order valence-electron chi connectivity index (χ2n) is 3.56. The summed E-state index contributed by atoms with van der Waals surface area (Å²) in [6.45, 7) is 3.63. The van der Waals surface area contributed by atoms with Gasteiger partial charge in [0, 0.05) is 0 Å². The monoisotopic (exact) mass is 278 g/mol. The first-order valence-corrected chi connectivity index (χ1v) is 6.82. The topological polar surface area (TPSA) is 74.6 Å². The van der Waals surface area contributed by atoms with Crippen molar-refractivity contribution in [2.45, 2.75) is 4.90 Å². The Morgan fingerprint density at radius 1 is 0.947 bits per heavy atom. The van der Waals surface area contributed by atoms with Gasteiger partial charge in [-0.3, -0.25) is 4.55 Å². The number of para-hydroxylation sites is 1. The fourth-order valence-electron chi connectivity index (χ4n) is 1.26. The maximum Gasteiger partial charge on any atom is 0.298 e. The Balaban J connectivity index is 0.000000200. The van der Waals surface area contributed by atoms with Crippen LogP contribution < -0.4 is 0 Å². The van der Waals surface area contributed by atoms with Gasteiger partial charge >= 0.3 is 0 Å². The Hall–Kier alpha value is -2.11. The summed E-state index contributed by atoms with van der Waals surface area (Å²) in [5.41, 5.74) is 1.17. The number of hydrogen-bond donors (Lipinski definition) is 2.